The molecule has 1 aromatic carbocycles. The molecule has 0 amide bonds. The van der Waals surface area contributed by atoms with Gasteiger partial charge in [0.15, 0.2) is 0 Å². The third kappa shape index (κ3) is 9.78. The van der Waals surface area contributed by atoms with Gasteiger partial charge < -0.3 is 4.90 Å². The van der Waals surface area contributed by atoms with Gasteiger partial charge in [-0.3, -0.25) is 4.90 Å². The summed E-state index contributed by atoms with van der Waals surface area (Å²) in [5.74, 6) is 0.719. The van der Waals surface area contributed by atoms with Gasteiger partial charge in [0, 0.05) is 19.6 Å². The molecule has 23 heavy (non-hydrogen) atoms. The molecule has 0 aliphatic carbocycles. The molecule has 0 atom stereocenters. The number of hydrogen-bond donors (Lipinski definition) is 0. The number of nitrogens with zero attached hydrogens (tertiary/aromatic N) is 2. The van der Waals surface area contributed by atoms with Crippen LogP contribution in [-0.2, 0) is 13.0 Å². The molecule has 1 rings (SSSR count). The number of likely N-dealkylation sites (N-methyl/N-ethyl adjacent to an activating group) is 1. The van der Waals surface area contributed by atoms with Crippen LogP contribution in [0.3, 0.4) is 0 Å². The van der Waals surface area contributed by atoms with Crippen molar-refractivity contribution in [1.29, 1.82) is 0 Å². The molecule has 0 radical (unpaired) electrons. The van der Waals surface area contributed by atoms with E-state index < -0.39 is 0 Å². The molecule has 0 N–H and O–H groups in total. The van der Waals surface area contributed by atoms with Gasteiger partial charge in [0.05, 0.1) is 0 Å². The minimum Gasteiger partial charge on any atom is -0.308 e. The highest BCUT2D eigenvalue weighted by Crippen LogP contribution is 2.20. The van der Waals surface area contributed by atoms with Crippen molar-refractivity contribution in [2.24, 2.45) is 11.3 Å². The molecule has 2 nitrogen and oxygen atoms in total. The van der Waals surface area contributed by atoms with E-state index in [2.05, 4.69) is 82.8 Å². The van der Waals surface area contributed by atoms with Gasteiger partial charge in [-0.2, -0.15) is 0 Å². The lowest BCUT2D eigenvalue weighted by atomic mass is 9.92. The van der Waals surface area contributed by atoms with Crippen molar-refractivity contribution in [3.8, 4) is 0 Å². The lowest BCUT2D eigenvalue weighted by Gasteiger charge is -2.28. The molecule has 0 saturated carbocycles. The van der Waals surface area contributed by atoms with Crippen LogP contribution in [0.2, 0.25) is 0 Å². The van der Waals surface area contributed by atoms with Crippen LogP contribution in [0.1, 0.15) is 52.2 Å². The van der Waals surface area contributed by atoms with E-state index in [1.165, 1.54) is 30.5 Å². The first-order valence-corrected chi connectivity index (χ1v) is 9.10. The fourth-order valence-corrected chi connectivity index (χ4v) is 2.69. The summed E-state index contributed by atoms with van der Waals surface area (Å²) in [4.78, 5) is 4.89. The maximum atomic E-state index is 2.61. The van der Waals surface area contributed by atoms with Gasteiger partial charge in [0.2, 0.25) is 0 Å². The van der Waals surface area contributed by atoms with Crippen molar-refractivity contribution in [2.75, 3.05) is 33.7 Å². The van der Waals surface area contributed by atoms with Crippen LogP contribution in [0.5, 0.6) is 0 Å². The number of hydrogen-bond acceptors (Lipinski definition) is 2. The zero-order chi connectivity index (χ0) is 17.5. The summed E-state index contributed by atoms with van der Waals surface area (Å²) in [6.07, 6.45) is 2.42. The Hall–Kier alpha value is -0.860. The second-order valence-electron chi connectivity index (χ2n) is 8.81. The Morgan fingerprint density at radius 1 is 0.957 bits per heavy atom. The Labute approximate surface area is 144 Å². The van der Waals surface area contributed by atoms with Crippen molar-refractivity contribution < 1.29 is 0 Å². The van der Waals surface area contributed by atoms with Crippen molar-refractivity contribution >= 4 is 0 Å². The average Bonchev–Trinajstić information content (AvgIpc) is 2.40. The second-order valence-corrected chi connectivity index (χ2v) is 8.81. The summed E-state index contributed by atoms with van der Waals surface area (Å²) in [6, 6.07) is 9.17. The van der Waals surface area contributed by atoms with Crippen LogP contribution in [0, 0.1) is 11.3 Å². The van der Waals surface area contributed by atoms with Crippen LogP contribution in [0.25, 0.3) is 0 Å². The third-order valence-electron chi connectivity index (χ3n) is 4.08. The molecule has 1 aromatic rings. The Kier molecular flexibility index (Phi) is 8.28. The Morgan fingerprint density at radius 2 is 1.61 bits per heavy atom. The van der Waals surface area contributed by atoms with E-state index in [0.29, 0.717) is 5.41 Å². The summed E-state index contributed by atoms with van der Waals surface area (Å²) in [6.45, 7) is 16.1. The van der Waals surface area contributed by atoms with Crippen molar-refractivity contribution in [3.63, 3.8) is 0 Å². The van der Waals surface area contributed by atoms with E-state index in [1.54, 1.807) is 0 Å². The van der Waals surface area contributed by atoms with Gasteiger partial charge in [-0.1, -0.05) is 58.9 Å². The molecule has 0 aromatic heterocycles. The maximum absolute atomic E-state index is 2.61. The van der Waals surface area contributed by atoms with Gasteiger partial charge in [0.1, 0.15) is 0 Å². The zero-order valence-electron chi connectivity index (χ0n) is 16.5. The fourth-order valence-electron chi connectivity index (χ4n) is 2.69. The lowest BCUT2D eigenvalue weighted by Crippen LogP contribution is -2.33. The predicted octanol–water partition coefficient (Wildman–Crippen LogP) is 4.68. The second kappa shape index (κ2) is 9.44. The van der Waals surface area contributed by atoms with Gasteiger partial charge in [-0.15, -0.1) is 0 Å². The standard InChI is InChI=1S/C21H38N2/c1-18(2)15-19-9-8-10-20(16-19)17-23(14-13-22(6)7)12-11-21(3,4)5/h8-10,16,18H,11-15,17H2,1-7H3. The molecule has 132 valence electrons. The SMILES string of the molecule is CC(C)Cc1cccc(CN(CCN(C)C)CCC(C)(C)C)c1. The minimum absolute atomic E-state index is 0.399. The molecule has 0 fully saturated rings. The molecule has 0 unspecified atom stereocenters. The largest absolute Gasteiger partial charge is 0.308 e. The summed E-state index contributed by atoms with van der Waals surface area (Å²) < 4.78 is 0. The van der Waals surface area contributed by atoms with Crippen LogP contribution in [0.4, 0.5) is 0 Å². The molecule has 0 bridgehead atoms. The van der Waals surface area contributed by atoms with Crippen LogP contribution < -0.4 is 0 Å². The van der Waals surface area contributed by atoms with E-state index in [4.69, 9.17) is 0 Å². The molecule has 0 saturated heterocycles. The molecular weight excluding hydrogens is 280 g/mol. The molecule has 2 heteroatoms. The van der Waals surface area contributed by atoms with Crippen molar-refractivity contribution in [1.82, 2.24) is 9.80 Å². The Bertz CT molecular complexity index is 443. The van der Waals surface area contributed by atoms with Crippen molar-refractivity contribution in [3.05, 3.63) is 35.4 Å². The highest BCUT2D eigenvalue weighted by Gasteiger charge is 2.14. The number of benzene rings is 1. The fraction of sp³-hybridized carbons (Fsp3) is 0.714. The van der Waals surface area contributed by atoms with E-state index in [1.807, 2.05) is 0 Å². The molecule has 0 heterocycles. The zero-order valence-corrected chi connectivity index (χ0v) is 16.5. The number of rotatable bonds is 9. The Morgan fingerprint density at radius 3 is 2.17 bits per heavy atom. The van der Waals surface area contributed by atoms with Crippen molar-refractivity contribution in [2.45, 2.75) is 54.0 Å². The molecule has 0 aliphatic rings. The van der Waals surface area contributed by atoms with Gasteiger partial charge in [-0.25, -0.2) is 0 Å². The first-order chi connectivity index (χ1) is 10.7. The van der Waals surface area contributed by atoms with Gasteiger partial charge in [0.25, 0.3) is 0 Å². The van der Waals surface area contributed by atoms with Gasteiger partial charge >= 0.3 is 0 Å². The first kappa shape index (κ1) is 20.2. The quantitative estimate of drug-likeness (QED) is 0.652. The highest BCUT2D eigenvalue weighted by molar-refractivity contribution is 5.23. The topological polar surface area (TPSA) is 6.48 Å². The van der Waals surface area contributed by atoms with E-state index in [0.717, 1.165) is 25.6 Å². The third-order valence-corrected chi connectivity index (χ3v) is 4.08. The predicted molar refractivity (Wildman–Crippen MR) is 103 cm³/mol. The average molecular weight is 319 g/mol. The van der Waals surface area contributed by atoms with Crippen LogP contribution in [0.15, 0.2) is 24.3 Å². The minimum atomic E-state index is 0.399. The van der Waals surface area contributed by atoms with Crippen LogP contribution >= 0.6 is 0 Å². The van der Waals surface area contributed by atoms with Crippen LogP contribution in [-0.4, -0.2) is 43.5 Å². The van der Waals surface area contributed by atoms with Gasteiger partial charge in [-0.05, 0) is 55.9 Å². The summed E-state index contributed by atoms with van der Waals surface area (Å²) >= 11 is 0. The maximum Gasteiger partial charge on any atom is 0.0234 e. The first-order valence-electron chi connectivity index (χ1n) is 9.10. The normalized spacial score (nSPS) is 12.6. The van der Waals surface area contributed by atoms with E-state index in [9.17, 15) is 0 Å². The smallest absolute Gasteiger partial charge is 0.0234 e. The Balaban J connectivity index is 2.70. The lowest BCUT2D eigenvalue weighted by molar-refractivity contribution is 0.202. The molecular formula is C21H38N2. The highest BCUT2D eigenvalue weighted by atomic mass is 15.2. The van der Waals surface area contributed by atoms with E-state index in [-0.39, 0.29) is 0 Å². The monoisotopic (exact) mass is 318 g/mol. The molecule has 0 spiro atoms. The summed E-state index contributed by atoms with van der Waals surface area (Å²) in [5, 5.41) is 0. The summed E-state index contributed by atoms with van der Waals surface area (Å²) in [5.41, 5.74) is 3.33. The van der Waals surface area contributed by atoms with E-state index >= 15 is 0 Å². The molecule has 0 aliphatic heterocycles. The summed E-state index contributed by atoms with van der Waals surface area (Å²) in [7, 11) is 4.32.